The molecule has 5 N–H and O–H groups in total. The van der Waals surface area contributed by atoms with Crippen molar-refractivity contribution in [2.75, 3.05) is 27.9 Å². The number of hydrogen-bond donors (Lipinski definition) is 5. The Labute approximate surface area is 389 Å². The molecule has 9 heteroatoms. The highest BCUT2D eigenvalue weighted by Crippen LogP contribution is 2.42. The van der Waals surface area contributed by atoms with E-state index in [0.29, 0.717) is 24.3 Å². The molecule has 0 atom stereocenters. The van der Waals surface area contributed by atoms with Gasteiger partial charge in [-0.2, -0.15) is 15.0 Å². The van der Waals surface area contributed by atoms with Crippen molar-refractivity contribution in [2.45, 2.75) is 143 Å². The lowest BCUT2D eigenvalue weighted by molar-refractivity contribution is 0.286. The molecule has 5 aromatic carbocycles. The smallest absolute Gasteiger partial charge is 0.323 e. The van der Waals surface area contributed by atoms with Crippen molar-refractivity contribution in [3.05, 3.63) is 137 Å². The molecule has 0 aliphatic carbocycles. The average Bonchev–Trinajstić information content (AvgIpc) is 3.23. The topological polar surface area (TPSA) is 116 Å². The SMILES string of the molecule is CCCC(C)(C)c1cc(Nc2nc(Nc3ccc(Nc4ccccc4)c(C(C)(C)CCC)c3)nc(OCCCc3cc(C(C)(C)C)c(O)c(C(C)(C)C)c3)n2)ccc1Nc1ccccc1. The summed E-state index contributed by atoms with van der Waals surface area (Å²) in [6.45, 7) is 26.9. The van der Waals surface area contributed by atoms with Crippen molar-refractivity contribution in [3.8, 4) is 11.8 Å². The van der Waals surface area contributed by atoms with Crippen LogP contribution >= 0.6 is 0 Å². The molecule has 6 rings (SSSR count). The number of aromatic hydroxyl groups is 1. The zero-order valence-electron chi connectivity index (χ0n) is 41.0. The first-order valence-corrected chi connectivity index (χ1v) is 23.5. The maximum absolute atomic E-state index is 11.3. The quantitative estimate of drug-likeness (QED) is 0.0507. The molecule has 1 aromatic heterocycles. The fraction of sp³-hybridized carbons (Fsp3) is 0.411. The Hall–Kier alpha value is -6.09. The van der Waals surface area contributed by atoms with E-state index in [-0.39, 0.29) is 27.7 Å². The fourth-order valence-electron chi connectivity index (χ4n) is 8.67. The van der Waals surface area contributed by atoms with Crippen LogP contribution < -0.4 is 26.0 Å². The Morgan fingerprint density at radius 1 is 0.492 bits per heavy atom. The van der Waals surface area contributed by atoms with Crippen molar-refractivity contribution in [3.63, 3.8) is 0 Å². The van der Waals surface area contributed by atoms with Gasteiger partial charge < -0.3 is 31.1 Å². The van der Waals surface area contributed by atoms with Gasteiger partial charge >= 0.3 is 6.01 Å². The zero-order chi connectivity index (χ0) is 47.0. The molecule has 0 fully saturated rings. The van der Waals surface area contributed by atoms with Crippen molar-refractivity contribution >= 4 is 46.0 Å². The second-order valence-corrected chi connectivity index (χ2v) is 20.8. The maximum atomic E-state index is 11.3. The average molecular weight is 876 g/mol. The van der Waals surface area contributed by atoms with Gasteiger partial charge in [0, 0.05) is 34.1 Å². The lowest BCUT2D eigenvalue weighted by atomic mass is 9.78. The molecule has 0 unspecified atom stereocenters. The summed E-state index contributed by atoms with van der Waals surface area (Å²) in [4.78, 5) is 14.6. The number of anilines is 8. The second-order valence-electron chi connectivity index (χ2n) is 20.8. The van der Waals surface area contributed by atoms with E-state index in [4.69, 9.17) is 19.7 Å². The van der Waals surface area contributed by atoms with Gasteiger partial charge in [-0.15, -0.1) is 0 Å². The van der Waals surface area contributed by atoms with Crippen LogP contribution in [0.5, 0.6) is 11.8 Å². The van der Waals surface area contributed by atoms with E-state index in [1.807, 2.05) is 36.4 Å². The third-order valence-electron chi connectivity index (χ3n) is 12.1. The first kappa shape index (κ1) is 48.4. The molecule has 0 spiro atoms. The van der Waals surface area contributed by atoms with Crippen LogP contribution in [0.2, 0.25) is 0 Å². The summed E-state index contributed by atoms with van der Waals surface area (Å²) in [5, 5.41) is 25.7. The van der Waals surface area contributed by atoms with E-state index in [1.165, 1.54) is 16.7 Å². The van der Waals surface area contributed by atoms with E-state index in [0.717, 1.165) is 83.8 Å². The lowest BCUT2D eigenvalue weighted by Gasteiger charge is -2.29. The van der Waals surface area contributed by atoms with Crippen molar-refractivity contribution in [2.24, 2.45) is 0 Å². The van der Waals surface area contributed by atoms with E-state index < -0.39 is 0 Å². The van der Waals surface area contributed by atoms with Gasteiger partial charge in [-0.25, -0.2) is 0 Å². The maximum Gasteiger partial charge on any atom is 0.323 e. The second kappa shape index (κ2) is 20.4. The molecule has 0 radical (unpaired) electrons. The van der Waals surface area contributed by atoms with Gasteiger partial charge in [0.05, 0.1) is 6.61 Å². The van der Waals surface area contributed by atoms with Crippen LogP contribution in [0, 0.1) is 0 Å². The lowest BCUT2D eigenvalue weighted by Crippen LogP contribution is -2.19. The van der Waals surface area contributed by atoms with E-state index in [2.05, 4.69) is 177 Å². The predicted octanol–water partition coefficient (Wildman–Crippen LogP) is 15.3. The molecular formula is C56H73N7O2. The summed E-state index contributed by atoms with van der Waals surface area (Å²) in [7, 11) is 0. The van der Waals surface area contributed by atoms with E-state index in [9.17, 15) is 5.11 Å². The minimum atomic E-state index is -0.204. The number of benzene rings is 5. The minimum Gasteiger partial charge on any atom is -0.507 e. The van der Waals surface area contributed by atoms with Gasteiger partial charge in [0.25, 0.3) is 0 Å². The van der Waals surface area contributed by atoms with Gasteiger partial charge in [0.1, 0.15) is 5.75 Å². The molecular weight excluding hydrogens is 803 g/mol. The Morgan fingerprint density at radius 3 is 1.32 bits per heavy atom. The van der Waals surface area contributed by atoms with Crippen LogP contribution in [0.15, 0.2) is 109 Å². The summed E-state index contributed by atoms with van der Waals surface area (Å²) in [6.07, 6.45) is 5.66. The summed E-state index contributed by atoms with van der Waals surface area (Å²) < 4.78 is 6.38. The highest BCUT2D eigenvalue weighted by Gasteiger charge is 2.28. The molecule has 0 amide bonds. The first-order valence-electron chi connectivity index (χ1n) is 23.5. The first-order chi connectivity index (χ1) is 30.8. The molecule has 0 aliphatic heterocycles. The van der Waals surface area contributed by atoms with E-state index in [1.54, 1.807) is 0 Å². The van der Waals surface area contributed by atoms with E-state index >= 15 is 0 Å². The Morgan fingerprint density at radius 2 is 0.923 bits per heavy atom. The fourth-order valence-corrected chi connectivity index (χ4v) is 8.67. The van der Waals surface area contributed by atoms with Gasteiger partial charge in [-0.3, -0.25) is 0 Å². The third-order valence-corrected chi connectivity index (χ3v) is 12.1. The van der Waals surface area contributed by atoms with Crippen LogP contribution in [0.4, 0.5) is 46.0 Å². The molecule has 9 nitrogen and oxygen atoms in total. The number of aromatic nitrogens is 3. The van der Waals surface area contributed by atoms with Crippen LogP contribution in [0.25, 0.3) is 0 Å². The van der Waals surface area contributed by atoms with Crippen LogP contribution in [0.1, 0.15) is 143 Å². The largest absolute Gasteiger partial charge is 0.507 e. The van der Waals surface area contributed by atoms with Gasteiger partial charge in [0.15, 0.2) is 0 Å². The number of phenolic OH excluding ortho intramolecular Hbond substituents is 1. The van der Waals surface area contributed by atoms with Crippen LogP contribution in [-0.2, 0) is 28.1 Å². The Bertz CT molecular complexity index is 2340. The molecule has 6 aromatic rings. The van der Waals surface area contributed by atoms with Crippen LogP contribution in [-0.4, -0.2) is 26.7 Å². The standard InChI is InChI=1S/C56H73N7O2/c1-13-31-55(9,10)43-36-41(27-29-47(43)57-39-23-17-15-18-24-39)59-50-61-51(60-42-28-30-48(58-40-25-19-16-20-26-40)44(37-42)56(11,12)32-14-2)63-52(62-50)65-33-21-22-38-34-45(53(3,4)5)49(64)46(35-38)54(6,7)8/h15-20,23-30,34-37,57-58,64H,13-14,21-22,31-33H2,1-12H3,(H2,59,60,61,62,63). The number of phenols is 1. The summed E-state index contributed by atoms with van der Waals surface area (Å²) >= 11 is 0. The number of hydrogen-bond acceptors (Lipinski definition) is 9. The van der Waals surface area contributed by atoms with Crippen molar-refractivity contribution < 1.29 is 9.84 Å². The van der Waals surface area contributed by atoms with Crippen LogP contribution in [0.3, 0.4) is 0 Å². The molecule has 0 aliphatic rings. The van der Waals surface area contributed by atoms with Gasteiger partial charge in [-0.05, 0) is 136 Å². The van der Waals surface area contributed by atoms with Crippen molar-refractivity contribution in [1.29, 1.82) is 0 Å². The predicted molar refractivity (Wildman–Crippen MR) is 274 cm³/mol. The number of rotatable bonds is 19. The highest BCUT2D eigenvalue weighted by molar-refractivity contribution is 5.72. The summed E-state index contributed by atoms with van der Waals surface area (Å²) in [5.74, 6) is 1.14. The summed E-state index contributed by atoms with van der Waals surface area (Å²) in [6, 6.07) is 37.9. The van der Waals surface area contributed by atoms with Gasteiger partial charge in [-0.1, -0.05) is 144 Å². The molecule has 0 saturated carbocycles. The van der Waals surface area contributed by atoms with Crippen molar-refractivity contribution in [1.82, 2.24) is 15.0 Å². The Balaban J connectivity index is 1.33. The normalized spacial score (nSPS) is 12.2. The summed E-state index contributed by atoms with van der Waals surface area (Å²) in [5.41, 5.74) is 10.8. The molecule has 0 bridgehead atoms. The monoisotopic (exact) mass is 876 g/mol. The number of ether oxygens (including phenoxy) is 1. The molecule has 0 saturated heterocycles. The highest BCUT2D eigenvalue weighted by atomic mass is 16.5. The number of nitrogens with zero attached hydrogens (tertiary/aromatic N) is 3. The molecule has 65 heavy (non-hydrogen) atoms. The minimum absolute atomic E-state index is 0.104. The number of aryl methyl sites for hydroxylation is 1. The third kappa shape index (κ3) is 12.8. The van der Waals surface area contributed by atoms with Gasteiger partial charge in [0.2, 0.25) is 11.9 Å². The molecule has 1 heterocycles. The number of nitrogens with one attached hydrogen (secondary N) is 4. The number of para-hydroxylation sites is 2. The zero-order valence-corrected chi connectivity index (χ0v) is 41.0. The molecule has 344 valence electrons. The Kier molecular flexibility index (Phi) is 15.2.